The number of halogens is 1. The smallest absolute Gasteiger partial charge is 0.256 e. The van der Waals surface area contributed by atoms with Crippen molar-refractivity contribution < 1.29 is 19.1 Å². The third-order valence-electron chi connectivity index (χ3n) is 5.17. The first kappa shape index (κ1) is 22.3. The number of methoxy groups -OCH3 is 2. The van der Waals surface area contributed by atoms with Crippen molar-refractivity contribution in [3.05, 3.63) is 71.8 Å². The maximum atomic E-state index is 12.8. The second kappa shape index (κ2) is 9.33. The van der Waals surface area contributed by atoms with Crippen LogP contribution in [0.25, 0.3) is 22.0 Å². The van der Waals surface area contributed by atoms with Crippen molar-refractivity contribution in [3.8, 4) is 22.6 Å². The molecule has 0 saturated heterocycles. The Kier molecular flexibility index (Phi) is 6.32. The number of benzene rings is 3. The quantitative estimate of drug-likeness (QED) is 0.319. The van der Waals surface area contributed by atoms with E-state index in [4.69, 9.17) is 15.2 Å². The molecule has 3 aromatic carbocycles. The van der Waals surface area contributed by atoms with Gasteiger partial charge in [0.15, 0.2) is 5.82 Å². The van der Waals surface area contributed by atoms with Gasteiger partial charge in [-0.25, -0.2) is 0 Å². The summed E-state index contributed by atoms with van der Waals surface area (Å²) in [5, 5.41) is 10.8. The zero-order chi connectivity index (χ0) is 23.5. The molecule has 2 amide bonds. The molecule has 0 aliphatic rings. The van der Waals surface area contributed by atoms with Crippen LogP contribution in [0.4, 0.5) is 5.82 Å². The maximum absolute atomic E-state index is 12.8. The Bertz CT molecular complexity index is 1330. The van der Waals surface area contributed by atoms with Gasteiger partial charge in [0, 0.05) is 17.0 Å². The van der Waals surface area contributed by atoms with Gasteiger partial charge in [0.1, 0.15) is 16.3 Å². The van der Waals surface area contributed by atoms with E-state index < -0.39 is 10.7 Å². The fraction of sp³-hybridized carbons (Fsp3) is 0.125. The lowest BCUT2D eigenvalue weighted by atomic mass is 10.0. The highest BCUT2D eigenvalue weighted by molar-refractivity contribution is 9.09. The molecular formula is C24H21BrN4O4. The van der Waals surface area contributed by atoms with Crippen molar-refractivity contribution in [2.24, 2.45) is 5.73 Å². The number of nitrogens with two attached hydrogens (primary N) is 1. The minimum absolute atomic E-state index is 0.351. The van der Waals surface area contributed by atoms with E-state index in [9.17, 15) is 9.59 Å². The van der Waals surface area contributed by atoms with Gasteiger partial charge in [-0.1, -0.05) is 34.1 Å². The van der Waals surface area contributed by atoms with Crippen LogP contribution in [0.5, 0.6) is 11.5 Å². The van der Waals surface area contributed by atoms with Crippen LogP contribution in [-0.4, -0.2) is 36.2 Å². The molecule has 168 valence electrons. The van der Waals surface area contributed by atoms with Crippen molar-refractivity contribution in [1.29, 1.82) is 0 Å². The van der Waals surface area contributed by atoms with Gasteiger partial charge in [-0.05, 0) is 53.1 Å². The SMILES string of the molecule is COc1cc(OC)cc(-c2ccc3c(NC(=O)c4cccc(C(Br)C(N)=O)c4)n[nH]c3c2)c1. The fourth-order valence-electron chi connectivity index (χ4n) is 3.45. The topological polar surface area (TPSA) is 119 Å². The maximum Gasteiger partial charge on any atom is 0.256 e. The standard InChI is InChI=1S/C24H21BrN4O4/c1-32-17-9-16(10-18(12-17)33-2)13-6-7-19-20(11-13)28-29-23(19)27-24(31)15-5-3-4-14(8-15)21(25)22(26)30/h3-12,21H,1-2H3,(H2,26,30)(H2,27,28,29,31). The van der Waals surface area contributed by atoms with E-state index in [1.807, 2.05) is 36.4 Å². The number of primary amides is 1. The molecule has 8 nitrogen and oxygen atoms in total. The largest absolute Gasteiger partial charge is 0.497 e. The number of fused-ring (bicyclic) bond motifs is 1. The van der Waals surface area contributed by atoms with E-state index >= 15 is 0 Å². The first-order chi connectivity index (χ1) is 15.9. The van der Waals surface area contributed by atoms with E-state index in [0.717, 1.165) is 22.0 Å². The molecule has 1 aromatic heterocycles. The lowest BCUT2D eigenvalue weighted by Crippen LogP contribution is -2.18. The highest BCUT2D eigenvalue weighted by Crippen LogP contribution is 2.32. The van der Waals surface area contributed by atoms with Crippen LogP contribution in [0.2, 0.25) is 0 Å². The van der Waals surface area contributed by atoms with E-state index in [1.54, 1.807) is 38.5 Å². The molecule has 0 saturated carbocycles. The molecule has 1 unspecified atom stereocenters. The molecule has 0 aliphatic carbocycles. The summed E-state index contributed by atoms with van der Waals surface area (Å²) in [4.78, 5) is 23.6. The first-order valence-corrected chi connectivity index (χ1v) is 10.9. The summed E-state index contributed by atoms with van der Waals surface area (Å²) < 4.78 is 10.7. The second-order valence-electron chi connectivity index (χ2n) is 7.28. The summed E-state index contributed by atoms with van der Waals surface area (Å²) in [5.74, 6) is 0.893. The van der Waals surface area contributed by atoms with Crippen LogP contribution >= 0.6 is 15.9 Å². The van der Waals surface area contributed by atoms with Gasteiger partial charge in [0.25, 0.3) is 5.91 Å². The molecule has 0 fully saturated rings. The molecule has 9 heteroatoms. The number of hydrogen-bond acceptors (Lipinski definition) is 5. The number of carbonyl (C=O) groups excluding carboxylic acids is 2. The summed E-state index contributed by atoms with van der Waals surface area (Å²) in [7, 11) is 3.21. The van der Waals surface area contributed by atoms with Crippen LogP contribution in [0.3, 0.4) is 0 Å². The number of anilines is 1. The van der Waals surface area contributed by atoms with Gasteiger partial charge >= 0.3 is 0 Å². The summed E-state index contributed by atoms with van der Waals surface area (Å²) in [6.45, 7) is 0. The van der Waals surface area contributed by atoms with Crippen molar-refractivity contribution in [1.82, 2.24) is 10.2 Å². The molecule has 0 spiro atoms. The number of ether oxygens (including phenoxy) is 2. The number of H-pyrrole nitrogens is 1. The zero-order valence-electron chi connectivity index (χ0n) is 17.9. The number of nitrogens with zero attached hydrogens (tertiary/aromatic N) is 1. The van der Waals surface area contributed by atoms with Crippen LogP contribution in [0.15, 0.2) is 60.7 Å². The van der Waals surface area contributed by atoms with E-state index in [2.05, 4.69) is 31.4 Å². The van der Waals surface area contributed by atoms with E-state index in [-0.39, 0.29) is 5.91 Å². The van der Waals surface area contributed by atoms with Gasteiger partial charge < -0.3 is 20.5 Å². The number of carbonyl (C=O) groups is 2. The number of aromatic amines is 1. The molecule has 4 aromatic rings. The highest BCUT2D eigenvalue weighted by Gasteiger charge is 2.17. The Balaban J connectivity index is 1.61. The molecule has 4 N–H and O–H groups in total. The lowest BCUT2D eigenvalue weighted by Gasteiger charge is -2.09. The van der Waals surface area contributed by atoms with Crippen molar-refractivity contribution >= 4 is 44.5 Å². The van der Waals surface area contributed by atoms with Gasteiger partial charge in [0.2, 0.25) is 5.91 Å². The zero-order valence-corrected chi connectivity index (χ0v) is 19.5. The monoisotopic (exact) mass is 508 g/mol. The van der Waals surface area contributed by atoms with Crippen molar-refractivity contribution in [3.63, 3.8) is 0 Å². The molecule has 33 heavy (non-hydrogen) atoms. The molecule has 1 atom stereocenters. The average molecular weight is 509 g/mol. The highest BCUT2D eigenvalue weighted by atomic mass is 79.9. The van der Waals surface area contributed by atoms with Gasteiger partial charge in [-0.3, -0.25) is 14.7 Å². The Hall–Kier alpha value is -3.85. The summed E-state index contributed by atoms with van der Waals surface area (Å²) in [6.07, 6.45) is 0. The average Bonchev–Trinajstić information content (AvgIpc) is 3.24. The number of aromatic nitrogens is 2. The molecule has 0 bridgehead atoms. The van der Waals surface area contributed by atoms with Crippen LogP contribution in [0.1, 0.15) is 20.7 Å². The third kappa shape index (κ3) is 4.68. The minimum Gasteiger partial charge on any atom is -0.497 e. The van der Waals surface area contributed by atoms with Gasteiger partial charge in [-0.2, -0.15) is 5.10 Å². The number of rotatable bonds is 7. The normalized spacial score (nSPS) is 11.7. The number of amides is 2. The van der Waals surface area contributed by atoms with E-state index in [1.165, 1.54) is 0 Å². The van der Waals surface area contributed by atoms with Gasteiger partial charge in [-0.15, -0.1) is 0 Å². The fourth-order valence-corrected chi connectivity index (χ4v) is 3.73. The van der Waals surface area contributed by atoms with Crippen LogP contribution < -0.4 is 20.5 Å². The van der Waals surface area contributed by atoms with Crippen molar-refractivity contribution in [2.75, 3.05) is 19.5 Å². The molecule has 1 heterocycles. The number of hydrogen-bond donors (Lipinski definition) is 3. The third-order valence-corrected chi connectivity index (χ3v) is 6.15. The predicted molar refractivity (Wildman–Crippen MR) is 130 cm³/mol. The van der Waals surface area contributed by atoms with Crippen LogP contribution in [0, 0.1) is 0 Å². The number of alkyl halides is 1. The summed E-state index contributed by atoms with van der Waals surface area (Å²) in [6, 6.07) is 18.1. The molecule has 0 radical (unpaired) electrons. The Morgan fingerprint density at radius 2 is 1.73 bits per heavy atom. The summed E-state index contributed by atoms with van der Waals surface area (Å²) >= 11 is 3.23. The Morgan fingerprint density at radius 3 is 2.39 bits per heavy atom. The lowest BCUT2D eigenvalue weighted by molar-refractivity contribution is -0.117. The van der Waals surface area contributed by atoms with Crippen molar-refractivity contribution in [2.45, 2.75) is 4.83 Å². The first-order valence-electron chi connectivity index (χ1n) is 9.96. The Morgan fingerprint density at radius 1 is 1.00 bits per heavy atom. The number of nitrogens with one attached hydrogen (secondary N) is 2. The van der Waals surface area contributed by atoms with Gasteiger partial charge in [0.05, 0.1) is 19.7 Å². The minimum atomic E-state index is -0.676. The molecule has 0 aliphatic heterocycles. The predicted octanol–water partition coefficient (Wildman–Crippen LogP) is 4.42. The summed E-state index contributed by atoms with van der Waals surface area (Å²) in [5.41, 5.74) is 8.93. The molecular weight excluding hydrogens is 488 g/mol. The van der Waals surface area contributed by atoms with E-state index in [0.29, 0.717) is 28.4 Å². The second-order valence-corrected chi connectivity index (χ2v) is 8.19. The Labute approximate surface area is 198 Å². The molecule has 4 rings (SSSR count). The van der Waals surface area contributed by atoms with Crippen LogP contribution in [-0.2, 0) is 4.79 Å².